The third-order valence-electron chi connectivity index (χ3n) is 5.10. The number of benzene rings is 1. The van der Waals surface area contributed by atoms with Crippen LogP contribution in [0.25, 0.3) is 0 Å². The summed E-state index contributed by atoms with van der Waals surface area (Å²) in [6.45, 7) is -0.416. The third kappa shape index (κ3) is 3.55. The first-order chi connectivity index (χ1) is 13.1. The maximum absolute atomic E-state index is 11.9. The number of nitrogens with zero attached hydrogens (tertiary/aromatic N) is 2. The summed E-state index contributed by atoms with van der Waals surface area (Å²) in [5.74, 6) is -0.290. The molecule has 1 aliphatic carbocycles. The normalized spacial score (nSPS) is 22.1. The number of nitrogens with one attached hydrogen (secondary N) is 2. The lowest BCUT2D eigenvalue weighted by Crippen LogP contribution is -2.33. The Morgan fingerprint density at radius 1 is 1.37 bits per heavy atom. The average molecular weight is 368 g/mol. The number of hydrogen-bond acceptors (Lipinski definition) is 6. The highest BCUT2D eigenvalue weighted by Gasteiger charge is 2.38. The van der Waals surface area contributed by atoms with Gasteiger partial charge in [0.25, 0.3) is 0 Å². The number of carboxylic acids is 1. The van der Waals surface area contributed by atoms with Crippen molar-refractivity contribution >= 4 is 23.7 Å². The van der Waals surface area contributed by atoms with E-state index >= 15 is 0 Å². The number of carbonyl (C=O) groups excluding carboxylic acids is 1. The highest BCUT2D eigenvalue weighted by atomic mass is 16.5. The lowest BCUT2D eigenvalue weighted by Gasteiger charge is -2.32. The molecule has 2 aliphatic rings. The molecule has 1 aromatic carbocycles. The van der Waals surface area contributed by atoms with Crippen molar-refractivity contribution in [3.63, 3.8) is 0 Å². The second kappa shape index (κ2) is 7.22. The number of aromatic amines is 1. The fourth-order valence-corrected chi connectivity index (χ4v) is 3.90. The summed E-state index contributed by atoms with van der Waals surface area (Å²) in [5, 5.41) is 19.2. The summed E-state index contributed by atoms with van der Waals surface area (Å²) in [6.07, 6.45) is 4.99. The number of ether oxygens (including phenoxy) is 1. The first-order valence-electron chi connectivity index (χ1n) is 8.90. The minimum atomic E-state index is -1.03. The second-order valence-corrected chi connectivity index (χ2v) is 6.85. The van der Waals surface area contributed by atoms with E-state index in [-0.39, 0.29) is 23.8 Å². The summed E-state index contributed by atoms with van der Waals surface area (Å²) in [4.78, 5) is 27.5. The molecule has 4 rings (SSSR count). The first kappa shape index (κ1) is 17.3. The molecule has 1 fully saturated rings. The molecule has 0 saturated heterocycles. The van der Waals surface area contributed by atoms with E-state index in [0.717, 1.165) is 23.4 Å². The molecular weight excluding hydrogens is 348 g/mol. The van der Waals surface area contributed by atoms with Crippen LogP contribution in [0.5, 0.6) is 5.75 Å². The van der Waals surface area contributed by atoms with Gasteiger partial charge >= 0.3 is 5.97 Å². The van der Waals surface area contributed by atoms with Crippen molar-refractivity contribution in [1.29, 1.82) is 0 Å². The maximum atomic E-state index is 11.9. The molecule has 2 heterocycles. The molecule has 2 aromatic rings. The van der Waals surface area contributed by atoms with Gasteiger partial charge in [-0.15, -0.1) is 0 Å². The second-order valence-electron chi connectivity index (χ2n) is 6.85. The lowest BCUT2D eigenvalue weighted by molar-refractivity contribution is -0.139. The van der Waals surface area contributed by atoms with Gasteiger partial charge in [0, 0.05) is 24.3 Å². The molecule has 0 bridgehead atoms. The Bertz CT molecular complexity index is 891. The fourth-order valence-electron chi connectivity index (χ4n) is 3.90. The molecule has 3 unspecified atom stereocenters. The van der Waals surface area contributed by atoms with E-state index < -0.39 is 12.6 Å². The molecule has 3 N–H and O–H groups in total. The molecule has 3 atom stereocenters. The Balaban J connectivity index is 1.69. The molecule has 140 valence electrons. The van der Waals surface area contributed by atoms with E-state index in [1.165, 1.54) is 0 Å². The van der Waals surface area contributed by atoms with Gasteiger partial charge in [-0.05, 0) is 18.4 Å². The maximum Gasteiger partial charge on any atom is 0.341 e. The van der Waals surface area contributed by atoms with Gasteiger partial charge in [-0.1, -0.05) is 18.2 Å². The van der Waals surface area contributed by atoms with Gasteiger partial charge in [0.15, 0.2) is 6.61 Å². The minimum Gasteiger partial charge on any atom is -0.482 e. The summed E-state index contributed by atoms with van der Waals surface area (Å²) < 4.78 is 5.53. The number of rotatable bonds is 6. The largest absolute Gasteiger partial charge is 0.482 e. The molecule has 1 saturated carbocycles. The number of ketones is 1. The van der Waals surface area contributed by atoms with E-state index in [1.54, 1.807) is 18.5 Å². The van der Waals surface area contributed by atoms with Crippen molar-refractivity contribution in [3.05, 3.63) is 41.7 Å². The lowest BCUT2D eigenvalue weighted by atomic mass is 9.81. The van der Waals surface area contributed by atoms with Crippen molar-refractivity contribution in [2.45, 2.75) is 31.3 Å². The monoisotopic (exact) mass is 368 g/mol. The van der Waals surface area contributed by atoms with Gasteiger partial charge in [-0.2, -0.15) is 5.10 Å². The molecule has 1 aliphatic heterocycles. The Kier molecular flexibility index (Phi) is 4.62. The number of hydrogen-bond donors (Lipinski definition) is 3. The molecule has 8 heteroatoms. The molecule has 0 spiro atoms. The van der Waals surface area contributed by atoms with Crippen molar-refractivity contribution < 1.29 is 19.4 Å². The number of H-pyrrole nitrogens is 1. The predicted molar refractivity (Wildman–Crippen MR) is 98.3 cm³/mol. The number of carboxylic acid groups (broad SMARTS) is 1. The van der Waals surface area contributed by atoms with Gasteiger partial charge < -0.3 is 15.2 Å². The van der Waals surface area contributed by atoms with Crippen LogP contribution in [0.1, 0.15) is 36.4 Å². The van der Waals surface area contributed by atoms with Crippen LogP contribution in [0.2, 0.25) is 0 Å². The zero-order valence-electron chi connectivity index (χ0n) is 14.6. The van der Waals surface area contributed by atoms with Crippen molar-refractivity contribution in [2.75, 3.05) is 11.9 Å². The van der Waals surface area contributed by atoms with Crippen molar-refractivity contribution in [2.24, 2.45) is 10.9 Å². The standard InChI is InChI=1S/C19H20N4O4/c24-12-6-5-11(7-12)18(19-20-8-15-14(22-19)9-21-23-15)13-3-1-2-4-16(13)27-10-17(25)26/h1-4,8-9,11,18-19,22H,5-7,10H2,(H,21,23)(H,25,26). The summed E-state index contributed by atoms with van der Waals surface area (Å²) in [7, 11) is 0. The van der Waals surface area contributed by atoms with Crippen LogP contribution >= 0.6 is 0 Å². The van der Waals surface area contributed by atoms with E-state index in [9.17, 15) is 9.59 Å². The smallest absolute Gasteiger partial charge is 0.341 e. The quantitative estimate of drug-likeness (QED) is 0.720. The third-order valence-corrected chi connectivity index (χ3v) is 5.10. The summed E-state index contributed by atoms with van der Waals surface area (Å²) in [6, 6.07) is 7.39. The van der Waals surface area contributed by atoms with Crippen molar-refractivity contribution in [1.82, 2.24) is 10.2 Å². The zero-order valence-corrected chi connectivity index (χ0v) is 14.6. The van der Waals surface area contributed by atoms with Crippen LogP contribution in [-0.2, 0) is 9.59 Å². The van der Waals surface area contributed by atoms with E-state index in [2.05, 4.69) is 20.5 Å². The van der Waals surface area contributed by atoms with Crippen LogP contribution < -0.4 is 10.1 Å². The minimum absolute atomic E-state index is 0.107. The van der Waals surface area contributed by atoms with Crippen LogP contribution in [0.3, 0.4) is 0 Å². The number of aliphatic imine (C=N–C) groups is 1. The summed E-state index contributed by atoms with van der Waals surface area (Å²) >= 11 is 0. The molecule has 0 radical (unpaired) electrons. The number of aromatic nitrogens is 2. The van der Waals surface area contributed by atoms with Gasteiger partial charge in [-0.3, -0.25) is 14.9 Å². The summed E-state index contributed by atoms with van der Waals surface area (Å²) in [5.41, 5.74) is 2.52. The number of para-hydroxylation sites is 1. The van der Waals surface area contributed by atoms with Crippen molar-refractivity contribution in [3.8, 4) is 5.75 Å². The molecule has 1 aromatic heterocycles. The molecule has 27 heavy (non-hydrogen) atoms. The Hall–Kier alpha value is -3.16. The Morgan fingerprint density at radius 2 is 2.22 bits per heavy atom. The van der Waals surface area contributed by atoms with E-state index in [1.807, 2.05) is 18.2 Å². The number of Topliss-reactive ketones (excluding diaryl/α,β-unsaturated/α-hetero) is 1. The van der Waals surface area contributed by atoms with Crippen LogP contribution in [0.4, 0.5) is 5.69 Å². The molecule has 8 nitrogen and oxygen atoms in total. The SMILES string of the molecule is O=C(O)COc1ccccc1C(C1CCC(=O)C1)C1N=Cc2[nH]ncc2N1. The Morgan fingerprint density at radius 3 is 3.00 bits per heavy atom. The van der Waals surface area contributed by atoms with Crippen LogP contribution in [-0.4, -0.2) is 46.0 Å². The van der Waals surface area contributed by atoms with E-state index in [4.69, 9.17) is 9.84 Å². The highest BCUT2D eigenvalue weighted by Crippen LogP contribution is 2.43. The van der Waals surface area contributed by atoms with Crippen LogP contribution in [0, 0.1) is 5.92 Å². The van der Waals surface area contributed by atoms with Gasteiger partial charge in [0.05, 0.1) is 23.8 Å². The zero-order chi connectivity index (χ0) is 18.8. The number of fused-ring (bicyclic) bond motifs is 1. The molecule has 0 amide bonds. The number of anilines is 1. The average Bonchev–Trinajstić information content (AvgIpc) is 3.29. The predicted octanol–water partition coefficient (Wildman–Crippen LogP) is 2.20. The van der Waals surface area contributed by atoms with Gasteiger partial charge in [-0.25, -0.2) is 4.79 Å². The Labute approximate surface area is 155 Å². The molecular formula is C19H20N4O4. The van der Waals surface area contributed by atoms with E-state index in [0.29, 0.717) is 18.6 Å². The first-order valence-corrected chi connectivity index (χ1v) is 8.90. The van der Waals surface area contributed by atoms with Gasteiger partial charge in [0.2, 0.25) is 0 Å². The topological polar surface area (TPSA) is 117 Å². The number of carbonyl (C=O) groups is 2. The van der Waals surface area contributed by atoms with Crippen LogP contribution in [0.15, 0.2) is 35.5 Å². The number of aliphatic carboxylic acids is 1. The van der Waals surface area contributed by atoms with Gasteiger partial charge in [0.1, 0.15) is 17.7 Å². The fraction of sp³-hybridized carbons (Fsp3) is 0.368. The highest BCUT2D eigenvalue weighted by molar-refractivity contribution is 5.87.